The smallest absolute Gasteiger partial charge is 0.236 e. The van der Waals surface area contributed by atoms with E-state index in [1.807, 2.05) is 24.3 Å². The zero-order valence-corrected chi connectivity index (χ0v) is 14.1. The summed E-state index contributed by atoms with van der Waals surface area (Å²) in [5.74, 6) is 1.33. The van der Waals surface area contributed by atoms with Crippen molar-refractivity contribution in [3.05, 3.63) is 18.2 Å². The fourth-order valence-electron chi connectivity index (χ4n) is 3.28. The van der Waals surface area contributed by atoms with Gasteiger partial charge in [-0.25, -0.2) is 4.98 Å². The molecule has 0 saturated carbocycles. The molecule has 0 spiro atoms. The second-order valence-electron chi connectivity index (χ2n) is 6.50. The van der Waals surface area contributed by atoms with Gasteiger partial charge in [0.15, 0.2) is 0 Å². The average Bonchev–Trinajstić information content (AvgIpc) is 2.96. The number of morpholine rings is 1. The van der Waals surface area contributed by atoms with E-state index >= 15 is 0 Å². The first kappa shape index (κ1) is 16.4. The lowest BCUT2D eigenvalue weighted by atomic mass is 10.2. The summed E-state index contributed by atoms with van der Waals surface area (Å²) in [6.07, 6.45) is 3.83. The molecule has 1 atom stereocenters. The van der Waals surface area contributed by atoms with Crippen LogP contribution in [-0.2, 0) is 23.1 Å². The molecule has 1 aromatic heterocycles. The highest BCUT2D eigenvalue weighted by atomic mass is 16.5. The summed E-state index contributed by atoms with van der Waals surface area (Å²) in [5, 5.41) is 0. The Kier molecular flexibility index (Phi) is 5.30. The average molecular weight is 321 g/mol. The van der Waals surface area contributed by atoms with Crippen molar-refractivity contribution in [1.82, 2.24) is 24.3 Å². The summed E-state index contributed by atoms with van der Waals surface area (Å²) >= 11 is 0. The Hall–Kier alpha value is -1.44. The van der Waals surface area contributed by atoms with Crippen LogP contribution in [0.4, 0.5) is 0 Å². The fourth-order valence-corrected chi connectivity index (χ4v) is 3.28. The van der Waals surface area contributed by atoms with Crippen molar-refractivity contribution in [3.63, 3.8) is 0 Å². The minimum Gasteiger partial charge on any atom is -0.378 e. The molecule has 2 aliphatic heterocycles. The highest BCUT2D eigenvalue weighted by Gasteiger charge is 2.27. The summed E-state index contributed by atoms with van der Waals surface area (Å²) < 4.78 is 7.38. The highest BCUT2D eigenvalue weighted by molar-refractivity contribution is 5.78. The van der Waals surface area contributed by atoms with Crippen LogP contribution in [0.3, 0.4) is 0 Å². The van der Waals surface area contributed by atoms with Crippen LogP contribution >= 0.6 is 0 Å². The van der Waals surface area contributed by atoms with Gasteiger partial charge in [-0.1, -0.05) is 0 Å². The van der Waals surface area contributed by atoms with Gasteiger partial charge in [-0.05, 0) is 6.92 Å². The number of aryl methyl sites for hydroxylation is 1. The molecule has 2 aliphatic rings. The van der Waals surface area contributed by atoms with Gasteiger partial charge in [-0.3, -0.25) is 14.6 Å². The molecular weight excluding hydrogens is 294 g/mol. The van der Waals surface area contributed by atoms with E-state index in [-0.39, 0.29) is 5.91 Å². The number of nitrogens with zero attached hydrogens (tertiary/aromatic N) is 5. The lowest BCUT2D eigenvalue weighted by Crippen LogP contribution is -2.54. The van der Waals surface area contributed by atoms with Crippen LogP contribution in [0.25, 0.3) is 0 Å². The summed E-state index contributed by atoms with van der Waals surface area (Å²) in [5.41, 5.74) is 0. The number of imidazole rings is 1. The highest BCUT2D eigenvalue weighted by Crippen LogP contribution is 2.13. The summed E-state index contributed by atoms with van der Waals surface area (Å²) in [7, 11) is 2.03. The molecule has 0 N–H and O–H groups in total. The minimum atomic E-state index is 0.234. The third kappa shape index (κ3) is 4.10. The quantitative estimate of drug-likeness (QED) is 0.768. The van der Waals surface area contributed by atoms with Crippen LogP contribution in [0.5, 0.6) is 0 Å². The van der Waals surface area contributed by atoms with Crippen LogP contribution < -0.4 is 0 Å². The predicted molar refractivity (Wildman–Crippen MR) is 86.9 cm³/mol. The first-order valence-corrected chi connectivity index (χ1v) is 8.41. The Bertz CT molecular complexity index is 526. The number of hydrogen-bond acceptors (Lipinski definition) is 5. The molecule has 0 unspecified atom stereocenters. The summed E-state index contributed by atoms with van der Waals surface area (Å²) in [6.45, 7) is 9.26. The van der Waals surface area contributed by atoms with Crippen LogP contribution in [0.2, 0.25) is 0 Å². The van der Waals surface area contributed by atoms with Gasteiger partial charge in [0.25, 0.3) is 0 Å². The Morgan fingerprint density at radius 2 is 2.09 bits per heavy atom. The number of piperazine rings is 1. The van der Waals surface area contributed by atoms with E-state index in [4.69, 9.17) is 4.74 Å². The lowest BCUT2D eigenvalue weighted by molar-refractivity contribution is -0.137. The van der Waals surface area contributed by atoms with Gasteiger partial charge in [-0.2, -0.15) is 0 Å². The number of rotatable bonds is 4. The van der Waals surface area contributed by atoms with E-state index in [1.54, 1.807) is 0 Å². The molecule has 7 heteroatoms. The molecule has 0 aliphatic carbocycles. The number of aromatic nitrogens is 2. The van der Waals surface area contributed by atoms with Crippen molar-refractivity contribution in [2.75, 3.05) is 52.5 Å². The van der Waals surface area contributed by atoms with Crippen LogP contribution in [0.15, 0.2) is 12.4 Å². The first-order valence-electron chi connectivity index (χ1n) is 8.41. The molecule has 3 heterocycles. The molecule has 1 amide bonds. The van der Waals surface area contributed by atoms with Gasteiger partial charge in [0.05, 0.1) is 26.3 Å². The second kappa shape index (κ2) is 7.42. The van der Waals surface area contributed by atoms with Crippen molar-refractivity contribution in [1.29, 1.82) is 0 Å². The molecule has 0 aromatic carbocycles. The van der Waals surface area contributed by atoms with Gasteiger partial charge < -0.3 is 14.2 Å². The molecule has 0 bridgehead atoms. The van der Waals surface area contributed by atoms with E-state index in [2.05, 4.69) is 26.3 Å². The van der Waals surface area contributed by atoms with Crippen molar-refractivity contribution in [2.24, 2.45) is 7.05 Å². The van der Waals surface area contributed by atoms with Gasteiger partial charge in [0, 0.05) is 58.2 Å². The third-order valence-corrected chi connectivity index (χ3v) is 4.84. The van der Waals surface area contributed by atoms with Crippen LogP contribution in [0.1, 0.15) is 12.7 Å². The van der Waals surface area contributed by atoms with Gasteiger partial charge in [-0.15, -0.1) is 0 Å². The maximum Gasteiger partial charge on any atom is 0.236 e. The Morgan fingerprint density at radius 1 is 1.30 bits per heavy atom. The van der Waals surface area contributed by atoms with E-state index < -0.39 is 0 Å². The maximum absolute atomic E-state index is 12.4. The van der Waals surface area contributed by atoms with E-state index in [9.17, 15) is 4.79 Å². The second-order valence-corrected chi connectivity index (χ2v) is 6.50. The van der Waals surface area contributed by atoms with Crippen LogP contribution in [0, 0.1) is 0 Å². The number of carbonyl (C=O) groups is 1. The van der Waals surface area contributed by atoms with Crippen molar-refractivity contribution in [2.45, 2.75) is 19.5 Å². The monoisotopic (exact) mass is 321 g/mol. The molecule has 3 rings (SSSR count). The van der Waals surface area contributed by atoms with Crippen molar-refractivity contribution >= 4 is 5.91 Å². The Morgan fingerprint density at radius 3 is 2.74 bits per heavy atom. The largest absolute Gasteiger partial charge is 0.378 e. The molecule has 2 fully saturated rings. The molecule has 0 radical (unpaired) electrons. The number of hydrogen-bond donors (Lipinski definition) is 0. The number of carbonyl (C=O) groups excluding carboxylic acids is 1. The summed E-state index contributed by atoms with van der Waals surface area (Å²) in [6, 6.07) is 0.429. The number of ether oxygens (including phenoxy) is 1. The Balaban J connectivity index is 1.48. The molecule has 7 nitrogen and oxygen atoms in total. The molecule has 2 saturated heterocycles. The molecule has 128 valence electrons. The zero-order valence-electron chi connectivity index (χ0n) is 14.1. The van der Waals surface area contributed by atoms with Gasteiger partial charge >= 0.3 is 0 Å². The SMILES string of the molecule is C[C@@H]1CN(CC(=O)N2CCOCC2)CCN1Cc1nccn1C. The number of amides is 1. The van der Waals surface area contributed by atoms with E-state index in [1.165, 1.54) is 0 Å². The van der Waals surface area contributed by atoms with Crippen LogP contribution in [-0.4, -0.2) is 88.7 Å². The van der Waals surface area contributed by atoms with Gasteiger partial charge in [0.1, 0.15) is 5.82 Å². The fraction of sp³-hybridized carbons (Fsp3) is 0.750. The Labute approximate surface area is 137 Å². The third-order valence-electron chi connectivity index (χ3n) is 4.84. The minimum absolute atomic E-state index is 0.234. The summed E-state index contributed by atoms with van der Waals surface area (Å²) in [4.78, 5) is 23.4. The van der Waals surface area contributed by atoms with Gasteiger partial charge in [0.2, 0.25) is 5.91 Å². The van der Waals surface area contributed by atoms with E-state index in [0.717, 1.165) is 45.1 Å². The van der Waals surface area contributed by atoms with Crippen molar-refractivity contribution in [3.8, 4) is 0 Å². The first-order chi connectivity index (χ1) is 11.1. The topological polar surface area (TPSA) is 53.8 Å². The zero-order chi connectivity index (χ0) is 16.2. The van der Waals surface area contributed by atoms with E-state index in [0.29, 0.717) is 25.8 Å². The normalized spacial score (nSPS) is 24.1. The molecule has 23 heavy (non-hydrogen) atoms. The molecular formula is C16H27N5O2. The molecule has 1 aromatic rings. The standard InChI is InChI=1S/C16H27N5O2/c1-14-11-19(13-16(22)20-7-9-23-10-8-20)5-6-21(14)12-15-17-3-4-18(15)2/h3-4,14H,5-13H2,1-2H3/t14-/m1/s1. The van der Waals surface area contributed by atoms with Crippen molar-refractivity contribution < 1.29 is 9.53 Å². The maximum atomic E-state index is 12.4. The lowest BCUT2D eigenvalue weighted by Gasteiger charge is -2.40. The predicted octanol–water partition coefficient (Wildman–Crippen LogP) is -0.215.